The number of fused-ring (bicyclic) bond motifs is 1. The molecule has 0 spiro atoms. The fourth-order valence-electron chi connectivity index (χ4n) is 5.34. The maximum Gasteiger partial charge on any atom is 0.411 e. The van der Waals surface area contributed by atoms with Crippen molar-refractivity contribution >= 4 is 17.1 Å². The zero-order valence-electron chi connectivity index (χ0n) is 21.3. The summed E-state index contributed by atoms with van der Waals surface area (Å²) in [5.74, 6) is 0.901. The summed E-state index contributed by atoms with van der Waals surface area (Å²) in [4.78, 5) is 22.9. The van der Waals surface area contributed by atoms with Gasteiger partial charge >= 0.3 is 6.09 Å². The van der Waals surface area contributed by atoms with Crippen molar-refractivity contribution in [2.24, 2.45) is 0 Å². The van der Waals surface area contributed by atoms with Crippen molar-refractivity contribution in [3.8, 4) is 11.1 Å². The average Bonchev–Trinajstić information content (AvgIpc) is 3.22. The lowest BCUT2D eigenvalue weighted by atomic mass is 9.80. The van der Waals surface area contributed by atoms with Crippen molar-refractivity contribution in [1.29, 1.82) is 0 Å². The Kier molecular flexibility index (Phi) is 6.08. The van der Waals surface area contributed by atoms with Gasteiger partial charge in [0.05, 0.1) is 22.7 Å². The lowest BCUT2D eigenvalue weighted by molar-refractivity contribution is -0.101. The van der Waals surface area contributed by atoms with Crippen LogP contribution in [-0.2, 0) is 10.3 Å². The normalized spacial score (nSPS) is 19.4. The smallest absolute Gasteiger partial charge is 0.411 e. The Balaban J connectivity index is 1.35. The zero-order chi connectivity index (χ0) is 25.5. The molecule has 1 unspecified atom stereocenters. The summed E-state index contributed by atoms with van der Waals surface area (Å²) in [5.41, 5.74) is 4.34. The van der Waals surface area contributed by atoms with Gasteiger partial charge in [0, 0.05) is 19.4 Å². The van der Waals surface area contributed by atoms with E-state index in [1.807, 2.05) is 50.2 Å². The molecular weight excluding hydrogens is 450 g/mol. The molecule has 6 nitrogen and oxygen atoms in total. The fraction of sp³-hybridized carbons (Fsp3) is 0.333. The Hall–Kier alpha value is -3.64. The fourth-order valence-corrected chi connectivity index (χ4v) is 5.34. The van der Waals surface area contributed by atoms with Crippen molar-refractivity contribution in [2.75, 3.05) is 6.54 Å². The molecule has 4 aromatic rings. The van der Waals surface area contributed by atoms with Gasteiger partial charge in [-0.25, -0.2) is 9.78 Å². The summed E-state index contributed by atoms with van der Waals surface area (Å²) in [6, 6.07) is 24.2. The predicted molar refractivity (Wildman–Crippen MR) is 142 cm³/mol. The lowest BCUT2D eigenvalue weighted by Gasteiger charge is -2.45. The third kappa shape index (κ3) is 4.73. The van der Waals surface area contributed by atoms with E-state index in [0.717, 1.165) is 39.1 Å². The van der Waals surface area contributed by atoms with Crippen LogP contribution >= 0.6 is 0 Å². The molecule has 36 heavy (non-hydrogen) atoms. The summed E-state index contributed by atoms with van der Waals surface area (Å²) in [6.45, 7) is 8.04. The van der Waals surface area contributed by atoms with Gasteiger partial charge in [-0.2, -0.15) is 0 Å². The van der Waals surface area contributed by atoms with Gasteiger partial charge in [-0.3, -0.25) is 0 Å². The molecule has 6 heteroatoms. The molecular formula is C30H33N3O3. The molecule has 2 heterocycles. The molecule has 2 N–H and O–H groups in total. The number of hydrogen-bond donors (Lipinski definition) is 2. The van der Waals surface area contributed by atoms with E-state index in [4.69, 9.17) is 4.74 Å². The van der Waals surface area contributed by atoms with E-state index in [9.17, 15) is 9.90 Å². The number of rotatable bonds is 6. The van der Waals surface area contributed by atoms with E-state index >= 15 is 0 Å². The van der Waals surface area contributed by atoms with Crippen molar-refractivity contribution in [3.05, 3.63) is 89.7 Å². The van der Waals surface area contributed by atoms with E-state index in [1.165, 1.54) is 0 Å². The quantitative estimate of drug-likeness (QED) is 0.328. The number of aromatic nitrogens is 2. The lowest BCUT2D eigenvalue weighted by Crippen LogP contribution is -2.51. The Labute approximate surface area is 211 Å². The SMILES string of the molecule is Cc1nc2ccc(-c3ccc([C@H](C)N4CCC(CC(C)(C)O)(c5ccccc5)OC4=O)cc3)cc2[nH]1. The first-order valence-electron chi connectivity index (χ1n) is 12.5. The Morgan fingerprint density at radius 3 is 2.44 bits per heavy atom. The minimum Gasteiger partial charge on any atom is -0.438 e. The van der Waals surface area contributed by atoms with Crippen molar-refractivity contribution < 1.29 is 14.6 Å². The largest absolute Gasteiger partial charge is 0.438 e. The van der Waals surface area contributed by atoms with Crippen LogP contribution in [0.3, 0.4) is 0 Å². The monoisotopic (exact) mass is 483 g/mol. The molecule has 0 aliphatic carbocycles. The number of carbonyl (C=O) groups is 1. The van der Waals surface area contributed by atoms with Gasteiger partial charge in [0.2, 0.25) is 0 Å². The number of amides is 1. The summed E-state index contributed by atoms with van der Waals surface area (Å²) in [6.07, 6.45) is 0.594. The van der Waals surface area contributed by atoms with E-state index in [-0.39, 0.29) is 12.1 Å². The molecule has 1 amide bonds. The maximum absolute atomic E-state index is 13.3. The van der Waals surface area contributed by atoms with Crippen LogP contribution in [0.5, 0.6) is 0 Å². The number of aryl methyl sites for hydroxylation is 1. The van der Waals surface area contributed by atoms with Crippen molar-refractivity contribution in [2.45, 2.75) is 57.8 Å². The highest BCUT2D eigenvalue weighted by Gasteiger charge is 2.46. The molecule has 1 fully saturated rings. The van der Waals surface area contributed by atoms with E-state index < -0.39 is 11.2 Å². The van der Waals surface area contributed by atoms with Gasteiger partial charge in [0.15, 0.2) is 0 Å². The summed E-state index contributed by atoms with van der Waals surface area (Å²) < 4.78 is 6.14. The second-order valence-corrected chi connectivity index (χ2v) is 10.5. The Bertz CT molecular complexity index is 1370. The number of aliphatic hydroxyl groups is 1. The first kappa shape index (κ1) is 24.1. The van der Waals surface area contributed by atoms with E-state index in [0.29, 0.717) is 19.4 Å². The van der Waals surface area contributed by atoms with Crippen LogP contribution in [0.1, 0.15) is 56.6 Å². The Morgan fingerprint density at radius 2 is 1.78 bits per heavy atom. The van der Waals surface area contributed by atoms with Crippen LogP contribution in [0.4, 0.5) is 4.79 Å². The third-order valence-corrected chi connectivity index (χ3v) is 7.09. The molecule has 1 aromatic heterocycles. The number of carbonyl (C=O) groups excluding carboxylic acids is 1. The second kappa shape index (κ2) is 9.10. The number of cyclic esters (lactones) is 1. The predicted octanol–water partition coefficient (Wildman–Crippen LogP) is 6.50. The van der Waals surface area contributed by atoms with Crippen LogP contribution < -0.4 is 0 Å². The second-order valence-electron chi connectivity index (χ2n) is 10.5. The maximum atomic E-state index is 13.3. The molecule has 0 radical (unpaired) electrons. The average molecular weight is 484 g/mol. The number of H-pyrrole nitrogens is 1. The number of hydrogen-bond acceptors (Lipinski definition) is 4. The molecule has 0 bridgehead atoms. The molecule has 1 aliphatic rings. The number of aromatic amines is 1. The molecule has 2 atom stereocenters. The van der Waals surface area contributed by atoms with Gasteiger partial charge in [-0.15, -0.1) is 0 Å². The topological polar surface area (TPSA) is 78.5 Å². The van der Waals surface area contributed by atoms with Crippen molar-refractivity contribution in [1.82, 2.24) is 14.9 Å². The van der Waals surface area contributed by atoms with Gasteiger partial charge in [0.25, 0.3) is 0 Å². The highest BCUT2D eigenvalue weighted by molar-refractivity contribution is 5.82. The van der Waals surface area contributed by atoms with Crippen LogP contribution in [-0.4, -0.2) is 38.2 Å². The minimum absolute atomic E-state index is 0.139. The molecule has 1 aliphatic heterocycles. The standard InChI is InChI=1S/C30H33N3O3/c1-20(22-10-12-23(13-11-22)24-14-15-26-27(18-24)32-21(2)31-26)33-17-16-30(36-28(33)34,19-29(3,4)35)25-8-6-5-7-9-25/h5-15,18,20,35H,16-17,19H2,1-4H3,(H,31,32)/t20-,30?/m0/s1. The number of ether oxygens (including phenoxy) is 1. The third-order valence-electron chi connectivity index (χ3n) is 7.09. The van der Waals surface area contributed by atoms with E-state index in [1.54, 1.807) is 18.7 Å². The number of nitrogens with zero attached hydrogens (tertiary/aromatic N) is 2. The van der Waals surface area contributed by atoms with Crippen LogP contribution in [0.15, 0.2) is 72.8 Å². The van der Waals surface area contributed by atoms with E-state index in [2.05, 4.69) is 46.4 Å². The van der Waals surface area contributed by atoms with Crippen LogP contribution in [0, 0.1) is 6.92 Å². The highest BCUT2D eigenvalue weighted by atomic mass is 16.6. The number of nitrogens with one attached hydrogen (secondary N) is 1. The first-order chi connectivity index (χ1) is 17.1. The minimum atomic E-state index is -0.975. The van der Waals surface area contributed by atoms with Gasteiger partial charge in [-0.05, 0) is 62.1 Å². The highest BCUT2D eigenvalue weighted by Crippen LogP contribution is 2.42. The molecule has 1 saturated heterocycles. The summed E-state index contributed by atoms with van der Waals surface area (Å²) in [7, 11) is 0. The first-order valence-corrected chi connectivity index (χ1v) is 12.5. The van der Waals surface area contributed by atoms with Gasteiger partial charge in [-0.1, -0.05) is 60.7 Å². The number of benzene rings is 3. The van der Waals surface area contributed by atoms with Gasteiger partial charge in [0.1, 0.15) is 11.4 Å². The molecule has 3 aromatic carbocycles. The molecule has 0 saturated carbocycles. The van der Waals surface area contributed by atoms with Crippen LogP contribution in [0.2, 0.25) is 0 Å². The summed E-state index contributed by atoms with van der Waals surface area (Å²) >= 11 is 0. The Morgan fingerprint density at radius 1 is 1.08 bits per heavy atom. The van der Waals surface area contributed by atoms with Crippen LogP contribution in [0.25, 0.3) is 22.2 Å². The van der Waals surface area contributed by atoms with Gasteiger partial charge < -0.3 is 19.7 Å². The zero-order valence-corrected chi connectivity index (χ0v) is 21.3. The molecule has 5 rings (SSSR count). The van der Waals surface area contributed by atoms with Crippen molar-refractivity contribution in [3.63, 3.8) is 0 Å². The number of imidazole rings is 1. The summed E-state index contributed by atoms with van der Waals surface area (Å²) in [5, 5.41) is 10.6. The molecule has 186 valence electrons.